The zero-order valence-corrected chi connectivity index (χ0v) is 15.8. The maximum atomic E-state index is 11.8. The Morgan fingerprint density at radius 2 is 1.50 bits per heavy atom. The van der Waals surface area contributed by atoms with Gasteiger partial charge >= 0.3 is 10.6 Å². The molecule has 0 aromatic heterocycles. The lowest BCUT2D eigenvalue weighted by Gasteiger charge is -2.26. The lowest BCUT2D eigenvalue weighted by atomic mass is 10.1. The highest BCUT2D eigenvalue weighted by Gasteiger charge is 2.30. The second kappa shape index (κ2) is 12.5. The van der Waals surface area contributed by atoms with Crippen molar-refractivity contribution < 1.29 is 30.5 Å². The SMILES string of the molecule is CCOCCOCCS(=O)(=O)CC(C)(C)N(Cl)Cl.O=S(=O)=O. The van der Waals surface area contributed by atoms with Crippen molar-refractivity contribution in [2.45, 2.75) is 26.3 Å². The number of hydrogen-bond donors (Lipinski definition) is 0. The van der Waals surface area contributed by atoms with Crippen LogP contribution in [-0.2, 0) is 29.9 Å². The van der Waals surface area contributed by atoms with Gasteiger partial charge in [-0.2, -0.15) is 0 Å². The Morgan fingerprint density at radius 1 is 1.05 bits per heavy atom. The minimum absolute atomic E-state index is 0.0514. The third-order valence-electron chi connectivity index (χ3n) is 2.15. The molecular formula is C10H21Cl2NO7S2. The van der Waals surface area contributed by atoms with E-state index in [2.05, 4.69) is 0 Å². The molecule has 0 aliphatic rings. The van der Waals surface area contributed by atoms with Crippen LogP contribution >= 0.6 is 23.6 Å². The highest BCUT2D eigenvalue weighted by Crippen LogP contribution is 2.21. The van der Waals surface area contributed by atoms with E-state index in [0.717, 1.165) is 3.94 Å². The Bertz CT molecular complexity index is 484. The molecule has 0 fully saturated rings. The van der Waals surface area contributed by atoms with Crippen LogP contribution in [0.25, 0.3) is 0 Å². The van der Waals surface area contributed by atoms with Crippen molar-refractivity contribution in [1.29, 1.82) is 0 Å². The maximum absolute atomic E-state index is 11.8. The summed E-state index contributed by atoms with van der Waals surface area (Å²) in [6, 6.07) is 0. The van der Waals surface area contributed by atoms with Crippen molar-refractivity contribution in [2.75, 3.05) is 37.9 Å². The van der Waals surface area contributed by atoms with Gasteiger partial charge in [0.1, 0.15) is 0 Å². The van der Waals surface area contributed by atoms with Gasteiger partial charge in [-0.15, -0.1) is 16.6 Å². The van der Waals surface area contributed by atoms with Gasteiger partial charge in [0.05, 0.1) is 36.9 Å². The van der Waals surface area contributed by atoms with E-state index in [1.165, 1.54) is 0 Å². The molecular weight excluding hydrogens is 381 g/mol. The molecule has 0 saturated carbocycles. The molecule has 0 aliphatic carbocycles. The van der Waals surface area contributed by atoms with Crippen molar-refractivity contribution >= 4 is 44.0 Å². The standard InChI is InChI=1S/C10H21Cl2NO4S.O3S/c1-4-16-5-6-17-7-8-18(14,15)9-10(2,3)13(11)12;1-4(2)3/h4-9H2,1-3H3;. The Kier molecular flexibility index (Phi) is 13.7. The molecule has 0 spiro atoms. The van der Waals surface area contributed by atoms with Crippen LogP contribution in [0.2, 0.25) is 0 Å². The number of nitrogens with zero attached hydrogens (tertiary/aromatic N) is 1. The predicted octanol–water partition coefficient (Wildman–Crippen LogP) is 0.838. The molecule has 0 saturated heterocycles. The van der Waals surface area contributed by atoms with Gasteiger partial charge in [-0.25, -0.2) is 8.42 Å². The summed E-state index contributed by atoms with van der Waals surface area (Å²) in [7, 11) is -6.36. The molecule has 0 N–H and O–H groups in total. The third-order valence-corrected chi connectivity index (χ3v) is 5.00. The van der Waals surface area contributed by atoms with E-state index in [-0.39, 0.29) is 18.1 Å². The van der Waals surface area contributed by atoms with Gasteiger partial charge in [-0.1, -0.05) is 0 Å². The molecule has 12 heteroatoms. The lowest BCUT2D eigenvalue weighted by molar-refractivity contribution is 0.0590. The monoisotopic (exact) mass is 401 g/mol. The highest BCUT2D eigenvalue weighted by molar-refractivity contribution is 7.91. The molecule has 0 bridgehead atoms. The first-order valence-corrected chi connectivity index (χ1v) is 9.69. The van der Waals surface area contributed by atoms with Gasteiger partial charge in [0.2, 0.25) is 0 Å². The van der Waals surface area contributed by atoms with Crippen molar-refractivity contribution in [3.63, 3.8) is 0 Å². The van der Waals surface area contributed by atoms with Gasteiger partial charge in [-0.05, 0) is 44.3 Å². The molecule has 0 radical (unpaired) electrons. The summed E-state index contributed by atoms with van der Waals surface area (Å²) < 4.78 is 60.0. The van der Waals surface area contributed by atoms with E-state index in [9.17, 15) is 8.42 Å². The van der Waals surface area contributed by atoms with Gasteiger partial charge in [0.25, 0.3) is 0 Å². The fourth-order valence-electron chi connectivity index (χ4n) is 1.21. The van der Waals surface area contributed by atoms with Crippen molar-refractivity contribution in [1.82, 2.24) is 3.94 Å². The van der Waals surface area contributed by atoms with E-state index in [4.69, 9.17) is 45.7 Å². The normalized spacial score (nSPS) is 11.9. The van der Waals surface area contributed by atoms with Gasteiger partial charge < -0.3 is 9.47 Å². The van der Waals surface area contributed by atoms with Crippen molar-refractivity contribution in [3.05, 3.63) is 0 Å². The number of hydrogen-bond acceptors (Lipinski definition) is 8. The number of sulfone groups is 1. The van der Waals surface area contributed by atoms with Crippen LogP contribution < -0.4 is 0 Å². The van der Waals surface area contributed by atoms with Gasteiger partial charge in [0.15, 0.2) is 9.84 Å². The summed E-state index contributed by atoms with van der Waals surface area (Å²) >= 11 is 11.2. The molecule has 0 amide bonds. The number of rotatable bonds is 10. The average Bonchev–Trinajstić information content (AvgIpc) is 2.31. The van der Waals surface area contributed by atoms with E-state index < -0.39 is 26.0 Å². The minimum atomic E-state index is -3.25. The lowest BCUT2D eigenvalue weighted by Crippen LogP contribution is -2.40. The second-order valence-corrected chi connectivity index (χ2v) is 8.09. The Balaban J connectivity index is 0. The quantitative estimate of drug-likeness (QED) is 0.391. The Hall–Kier alpha value is 0.0300. The zero-order chi connectivity index (χ0) is 17.8. The first-order chi connectivity index (χ1) is 9.94. The Labute approximate surface area is 142 Å². The van der Waals surface area contributed by atoms with Crippen molar-refractivity contribution in [2.24, 2.45) is 0 Å². The molecule has 0 aliphatic heterocycles. The summed E-state index contributed by atoms with van der Waals surface area (Å²) in [6.07, 6.45) is 0. The van der Waals surface area contributed by atoms with Gasteiger partial charge in [-0.3, -0.25) is 0 Å². The van der Waals surface area contributed by atoms with Crippen LogP contribution in [0, 0.1) is 0 Å². The first kappa shape index (κ1) is 24.3. The van der Waals surface area contributed by atoms with Gasteiger partial charge in [0, 0.05) is 6.61 Å². The summed E-state index contributed by atoms with van der Waals surface area (Å²) in [5.41, 5.74) is -0.826. The molecule has 22 heavy (non-hydrogen) atoms. The van der Waals surface area contributed by atoms with E-state index in [0.29, 0.717) is 19.8 Å². The van der Waals surface area contributed by atoms with Crippen LogP contribution in [0.5, 0.6) is 0 Å². The Morgan fingerprint density at radius 3 is 1.91 bits per heavy atom. The minimum Gasteiger partial charge on any atom is -0.379 e. The predicted molar refractivity (Wildman–Crippen MR) is 83.3 cm³/mol. The number of ether oxygens (including phenoxy) is 2. The molecule has 0 unspecified atom stereocenters. The average molecular weight is 402 g/mol. The van der Waals surface area contributed by atoms with E-state index >= 15 is 0 Å². The van der Waals surface area contributed by atoms with Crippen LogP contribution in [0.4, 0.5) is 0 Å². The molecule has 134 valence electrons. The first-order valence-electron chi connectivity index (χ1n) is 6.19. The third kappa shape index (κ3) is 16.4. The van der Waals surface area contributed by atoms with Crippen LogP contribution in [0.1, 0.15) is 20.8 Å². The maximum Gasteiger partial charge on any atom is 0.425 e. The molecule has 0 rings (SSSR count). The zero-order valence-electron chi connectivity index (χ0n) is 12.6. The number of halogens is 2. The molecule has 8 nitrogen and oxygen atoms in total. The molecule has 0 aromatic carbocycles. The highest BCUT2D eigenvalue weighted by atomic mass is 35.5. The topological polar surface area (TPSA) is 107 Å². The van der Waals surface area contributed by atoms with E-state index in [1.807, 2.05) is 6.92 Å². The summed E-state index contributed by atoms with van der Waals surface area (Å²) in [4.78, 5) is 0. The van der Waals surface area contributed by atoms with Crippen LogP contribution in [0.3, 0.4) is 0 Å². The van der Waals surface area contributed by atoms with Crippen molar-refractivity contribution in [3.8, 4) is 0 Å². The largest absolute Gasteiger partial charge is 0.425 e. The van der Waals surface area contributed by atoms with Crippen LogP contribution in [-0.4, -0.2) is 68.5 Å². The molecule has 0 atom stereocenters. The molecule has 0 aromatic rings. The molecule has 0 heterocycles. The summed E-state index contributed by atoms with van der Waals surface area (Å²) in [5, 5.41) is 0. The smallest absolute Gasteiger partial charge is 0.379 e. The second-order valence-electron chi connectivity index (χ2n) is 4.65. The van der Waals surface area contributed by atoms with Crippen LogP contribution in [0.15, 0.2) is 0 Å². The fraction of sp³-hybridized carbons (Fsp3) is 1.00. The van der Waals surface area contributed by atoms with E-state index in [1.54, 1.807) is 13.8 Å². The summed E-state index contributed by atoms with van der Waals surface area (Å²) in [5.74, 6) is -0.175. The summed E-state index contributed by atoms with van der Waals surface area (Å²) in [6.45, 7) is 6.83. The fourth-order valence-corrected chi connectivity index (χ4v) is 3.19.